The third kappa shape index (κ3) is 4.15. The fourth-order valence-corrected chi connectivity index (χ4v) is 3.05. The number of nitrogens with zero attached hydrogens (tertiary/aromatic N) is 1. The Bertz CT molecular complexity index is 856. The molecule has 0 bridgehead atoms. The number of esters is 1. The highest BCUT2D eigenvalue weighted by Crippen LogP contribution is 2.16. The molecule has 1 aromatic carbocycles. The third-order valence-corrected chi connectivity index (χ3v) is 4.63. The zero-order valence-corrected chi connectivity index (χ0v) is 14.0. The largest absolute Gasteiger partial charge is 0.422 e. The lowest BCUT2D eigenvalue weighted by molar-refractivity contribution is 0.0739. The second-order valence-corrected chi connectivity index (χ2v) is 6.51. The molecule has 0 unspecified atom stereocenters. The highest BCUT2D eigenvalue weighted by molar-refractivity contribution is 7.12. The number of ether oxygens (including phenoxy) is 1. The molecule has 120 valence electrons. The molecule has 0 saturated carbocycles. The van der Waals surface area contributed by atoms with Gasteiger partial charge in [0.05, 0.1) is 11.1 Å². The van der Waals surface area contributed by atoms with Crippen LogP contribution in [-0.4, -0.2) is 18.1 Å². The predicted octanol–water partition coefficient (Wildman–Crippen LogP) is 3.79. The van der Waals surface area contributed by atoms with Crippen LogP contribution in [-0.2, 0) is 0 Å². The van der Waals surface area contributed by atoms with Crippen LogP contribution in [0.15, 0.2) is 64.4 Å². The predicted molar refractivity (Wildman–Crippen MR) is 95.1 cm³/mol. The Morgan fingerprint density at radius 2 is 1.75 bits per heavy atom. The van der Waals surface area contributed by atoms with Gasteiger partial charge in [-0.2, -0.15) is 5.10 Å². The minimum atomic E-state index is -0.398. The molecule has 0 spiro atoms. The molecule has 7 heteroatoms. The summed E-state index contributed by atoms with van der Waals surface area (Å²) in [5.74, 6) is -0.242. The molecular weight excluding hydrogens is 344 g/mol. The van der Waals surface area contributed by atoms with Gasteiger partial charge < -0.3 is 4.74 Å². The fraction of sp³-hybridized carbons (Fsp3) is 0. The van der Waals surface area contributed by atoms with Crippen molar-refractivity contribution in [2.75, 3.05) is 0 Å². The van der Waals surface area contributed by atoms with Crippen LogP contribution >= 0.6 is 22.7 Å². The summed E-state index contributed by atoms with van der Waals surface area (Å²) in [6.07, 6.45) is 1.49. The van der Waals surface area contributed by atoms with E-state index in [-0.39, 0.29) is 5.91 Å². The van der Waals surface area contributed by atoms with Crippen molar-refractivity contribution in [3.63, 3.8) is 0 Å². The van der Waals surface area contributed by atoms with Crippen LogP contribution in [0.5, 0.6) is 5.75 Å². The molecule has 3 aromatic rings. The van der Waals surface area contributed by atoms with Crippen molar-refractivity contribution in [3.8, 4) is 5.75 Å². The maximum atomic E-state index is 11.9. The van der Waals surface area contributed by atoms with E-state index >= 15 is 0 Å². The highest BCUT2D eigenvalue weighted by Gasteiger charge is 2.09. The van der Waals surface area contributed by atoms with Crippen LogP contribution in [0.3, 0.4) is 0 Å². The number of carbonyl (C=O) groups is 2. The van der Waals surface area contributed by atoms with Gasteiger partial charge in [0.2, 0.25) is 0 Å². The molecule has 3 rings (SSSR count). The molecule has 5 nitrogen and oxygen atoms in total. The third-order valence-electron chi connectivity index (χ3n) is 2.92. The monoisotopic (exact) mass is 356 g/mol. The van der Waals surface area contributed by atoms with E-state index in [1.165, 1.54) is 28.9 Å². The SMILES string of the molecule is O=C(N/N=C\c1cccc(OC(=O)c2cccs2)c1)c1cccs1. The van der Waals surface area contributed by atoms with Gasteiger partial charge >= 0.3 is 5.97 Å². The zero-order valence-electron chi connectivity index (χ0n) is 12.3. The minimum Gasteiger partial charge on any atom is -0.422 e. The molecule has 24 heavy (non-hydrogen) atoms. The quantitative estimate of drug-likeness (QED) is 0.327. The number of thiophene rings is 2. The van der Waals surface area contributed by atoms with E-state index < -0.39 is 5.97 Å². The van der Waals surface area contributed by atoms with Crippen LogP contribution in [0.4, 0.5) is 0 Å². The lowest BCUT2D eigenvalue weighted by Crippen LogP contribution is -2.16. The van der Waals surface area contributed by atoms with Crippen molar-refractivity contribution in [3.05, 3.63) is 74.6 Å². The molecule has 1 amide bonds. The first-order valence-electron chi connectivity index (χ1n) is 6.95. The van der Waals surface area contributed by atoms with E-state index in [1.54, 1.807) is 48.5 Å². The Morgan fingerprint density at radius 3 is 2.46 bits per heavy atom. The fourth-order valence-electron chi connectivity index (χ4n) is 1.84. The Morgan fingerprint density at radius 1 is 1.00 bits per heavy atom. The van der Waals surface area contributed by atoms with Crippen LogP contribution in [0.2, 0.25) is 0 Å². The van der Waals surface area contributed by atoms with Crippen molar-refractivity contribution in [1.82, 2.24) is 5.43 Å². The first-order chi connectivity index (χ1) is 11.7. The summed E-state index contributed by atoms with van der Waals surface area (Å²) >= 11 is 2.67. The summed E-state index contributed by atoms with van der Waals surface area (Å²) in [6, 6.07) is 13.9. The van der Waals surface area contributed by atoms with E-state index in [4.69, 9.17) is 4.74 Å². The van der Waals surface area contributed by atoms with Crippen molar-refractivity contribution < 1.29 is 14.3 Å². The zero-order chi connectivity index (χ0) is 16.8. The van der Waals surface area contributed by atoms with Gasteiger partial charge in [-0.05, 0) is 40.6 Å². The standard InChI is InChI=1S/C17H12N2O3S2/c20-16(14-6-2-8-23-14)19-18-11-12-4-1-5-13(10-12)22-17(21)15-7-3-9-24-15/h1-11H,(H,19,20)/b18-11-. The smallest absolute Gasteiger partial charge is 0.353 e. The summed E-state index contributed by atoms with van der Waals surface area (Å²) in [6.45, 7) is 0. The van der Waals surface area contributed by atoms with Crippen LogP contribution < -0.4 is 10.2 Å². The van der Waals surface area contributed by atoms with Gasteiger partial charge in [-0.25, -0.2) is 10.2 Å². The van der Waals surface area contributed by atoms with Gasteiger partial charge in [-0.1, -0.05) is 24.3 Å². The first kappa shape index (κ1) is 16.1. The van der Waals surface area contributed by atoms with Crippen LogP contribution in [0, 0.1) is 0 Å². The molecule has 0 radical (unpaired) electrons. The molecule has 0 aliphatic rings. The summed E-state index contributed by atoms with van der Waals surface area (Å²) in [5, 5.41) is 7.55. The molecule has 0 aliphatic carbocycles. The average Bonchev–Trinajstić information content (AvgIpc) is 3.29. The molecule has 0 fully saturated rings. The number of hydrogen-bond acceptors (Lipinski definition) is 6. The van der Waals surface area contributed by atoms with E-state index in [1.807, 2.05) is 10.8 Å². The van der Waals surface area contributed by atoms with Crippen molar-refractivity contribution in [1.29, 1.82) is 0 Å². The summed E-state index contributed by atoms with van der Waals surface area (Å²) in [5.41, 5.74) is 3.16. The summed E-state index contributed by atoms with van der Waals surface area (Å²) < 4.78 is 5.31. The topological polar surface area (TPSA) is 67.8 Å². The Hall–Kier alpha value is -2.77. The van der Waals surface area contributed by atoms with Gasteiger partial charge in [0, 0.05) is 0 Å². The van der Waals surface area contributed by atoms with Crippen molar-refractivity contribution in [2.45, 2.75) is 0 Å². The number of rotatable bonds is 5. The Kier molecular flexibility index (Phi) is 5.15. The number of carbonyl (C=O) groups excluding carboxylic acids is 2. The molecule has 2 heterocycles. The normalized spacial score (nSPS) is 10.7. The highest BCUT2D eigenvalue weighted by atomic mass is 32.1. The van der Waals surface area contributed by atoms with Gasteiger partial charge in [-0.3, -0.25) is 4.79 Å². The second-order valence-electron chi connectivity index (χ2n) is 4.62. The van der Waals surface area contributed by atoms with Crippen molar-refractivity contribution >= 4 is 40.8 Å². The molecule has 0 saturated heterocycles. The van der Waals surface area contributed by atoms with Gasteiger partial charge in [0.25, 0.3) is 5.91 Å². The van der Waals surface area contributed by atoms with E-state index in [9.17, 15) is 9.59 Å². The number of amides is 1. The Labute approximate surface area is 146 Å². The number of hydrazone groups is 1. The van der Waals surface area contributed by atoms with Crippen molar-refractivity contribution in [2.24, 2.45) is 5.10 Å². The minimum absolute atomic E-state index is 0.262. The maximum Gasteiger partial charge on any atom is 0.353 e. The average molecular weight is 356 g/mol. The lowest BCUT2D eigenvalue weighted by Gasteiger charge is -2.03. The summed E-state index contributed by atoms with van der Waals surface area (Å²) in [7, 11) is 0. The number of hydrogen-bond donors (Lipinski definition) is 1. The van der Waals surface area contributed by atoms with Crippen LogP contribution in [0.25, 0.3) is 0 Å². The molecule has 2 aromatic heterocycles. The summed E-state index contributed by atoms with van der Waals surface area (Å²) in [4.78, 5) is 24.8. The van der Waals surface area contributed by atoms with E-state index in [2.05, 4.69) is 10.5 Å². The van der Waals surface area contributed by atoms with Gasteiger partial charge in [0.15, 0.2) is 0 Å². The lowest BCUT2D eigenvalue weighted by atomic mass is 10.2. The maximum absolute atomic E-state index is 11.9. The second kappa shape index (κ2) is 7.67. The Balaban J connectivity index is 1.61. The molecular formula is C17H12N2O3S2. The molecule has 0 atom stereocenters. The molecule has 1 N–H and O–H groups in total. The first-order valence-corrected chi connectivity index (χ1v) is 8.71. The number of benzene rings is 1. The van der Waals surface area contributed by atoms with E-state index in [0.717, 1.165) is 0 Å². The molecule has 0 aliphatic heterocycles. The number of nitrogens with one attached hydrogen (secondary N) is 1. The van der Waals surface area contributed by atoms with Gasteiger partial charge in [-0.15, -0.1) is 22.7 Å². The van der Waals surface area contributed by atoms with E-state index in [0.29, 0.717) is 21.1 Å². The van der Waals surface area contributed by atoms with Gasteiger partial charge in [0.1, 0.15) is 10.6 Å². The van der Waals surface area contributed by atoms with Crippen LogP contribution in [0.1, 0.15) is 24.9 Å².